The van der Waals surface area contributed by atoms with E-state index in [1.165, 1.54) is 0 Å². The maximum Gasteiger partial charge on any atom is 0.0978 e. The van der Waals surface area contributed by atoms with Crippen LogP contribution >= 0.6 is 0 Å². The van der Waals surface area contributed by atoms with Crippen LogP contribution in [0.5, 0.6) is 0 Å². The van der Waals surface area contributed by atoms with Crippen molar-refractivity contribution < 1.29 is 18.1 Å². The molecule has 0 amide bonds. The molecule has 0 saturated heterocycles. The molecule has 5 heteroatoms. The van der Waals surface area contributed by atoms with E-state index in [0.29, 0.717) is 12.8 Å². The molecule has 0 aromatic rings. The Labute approximate surface area is 90.4 Å². The van der Waals surface area contributed by atoms with Crippen LogP contribution in [0.1, 0.15) is 38.5 Å². The van der Waals surface area contributed by atoms with E-state index < -0.39 is 21.5 Å². The predicted octanol–water partition coefficient (Wildman–Crippen LogP) is 0.861. The zero-order chi connectivity index (χ0) is 11.1. The van der Waals surface area contributed by atoms with Gasteiger partial charge in [-0.15, -0.1) is 0 Å². The number of fused-ring (bicyclic) bond motifs is 1. The molecule has 1 N–H and O–H groups in total. The summed E-state index contributed by atoms with van der Waals surface area (Å²) in [5, 5.41) is 9.05. The summed E-state index contributed by atoms with van der Waals surface area (Å²) in [6, 6.07) is 0. The number of hydrogen-bond acceptors (Lipinski definition) is 4. The average Bonchev–Trinajstić information content (AvgIpc) is 2.17. The van der Waals surface area contributed by atoms with Crippen molar-refractivity contribution >= 4 is 10.1 Å². The van der Waals surface area contributed by atoms with Gasteiger partial charge in [-0.1, -0.05) is 12.8 Å². The first-order valence-corrected chi connectivity index (χ1v) is 7.10. The van der Waals surface area contributed by atoms with Gasteiger partial charge < -0.3 is 9.66 Å². The van der Waals surface area contributed by atoms with Crippen molar-refractivity contribution in [1.82, 2.24) is 0 Å². The molecule has 4 unspecified atom stereocenters. The topological polar surface area (TPSA) is 77.4 Å². The molecule has 2 aliphatic carbocycles. The summed E-state index contributed by atoms with van der Waals surface area (Å²) in [7, 11) is -4.18. The van der Waals surface area contributed by atoms with E-state index in [4.69, 9.17) is 0 Å². The smallest absolute Gasteiger partial charge is 0.0978 e. The zero-order valence-electron chi connectivity index (χ0n) is 8.63. The van der Waals surface area contributed by atoms with Crippen molar-refractivity contribution in [3.8, 4) is 0 Å². The zero-order valence-corrected chi connectivity index (χ0v) is 9.45. The van der Waals surface area contributed by atoms with E-state index in [2.05, 4.69) is 0 Å². The van der Waals surface area contributed by atoms with Gasteiger partial charge in [0.05, 0.1) is 21.5 Å². The highest BCUT2D eigenvalue weighted by molar-refractivity contribution is 7.86. The van der Waals surface area contributed by atoms with Gasteiger partial charge in [0, 0.05) is 0 Å². The van der Waals surface area contributed by atoms with E-state index in [1.807, 2.05) is 0 Å². The van der Waals surface area contributed by atoms with Gasteiger partial charge in [0.1, 0.15) is 0 Å². The SMILES string of the molecule is O=S(=O)([O-])C1CCC(O)C2CCCCC21. The van der Waals surface area contributed by atoms with Gasteiger partial charge in [-0.05, 0) is 37.5 Å². The van der Waals surface area contributed by atoms with Crippen LogP contribution in [0.25, 0.3) is 0 Å². The van der Waals surface area contributed by atoms with E-state index >= 15 is 0 Å². The molecule has 4 nitrogen and oxygen atoms in total. The van der Waals surface area contributed by atoms with Gasteiger partial charge >= 0.3 is 0 Å². The normalized spacial score (nSPS) is 42.3. The second-order valence-corrected chi connectivity index (χ2v) is 6.38. The summed E-state index contributed by atoms with van der Waals surface area (Å²) in [4.78, 5) is 0. The highest BCUT2D eigenvalue weighted by Gasteiger charge is 2.42. The van der Waals surface area contributed by atoms with Crippen LogP contribution in [0.15, 0.2) is 0 Å². The van der Waals surface area contributed by atoms with Crippen molar-refractivity contribution in [3.05, 3.63) is 0 Å². The molecule has 0 aromatic carbocycles. The lowest BCUT2D eigenvalue weighted by Crippen LogP contribution is -2.45. The summed E-state index contributed by atoms with van der Waals surface area (Å²) in [5.41, 5.74) is 0. The van der Waals surface area contributed by atoms with Crippen molar-refractivity contribution in [2.24, 2.45) is 11.8 Å². The third-order valence-electron chi connectivity index (χ3n) is 3.96. The van der Waals surface area contributed by atoms with E-state index in [-0.39, 0.29) is 11.8 Å². The molecule has 0 spiro atoms. The lowest BCUT2D eigenvalue weighted by atomic mass is 9.69. The molecule has 2 fully saturated rings. The Hall–Kier alpha value is -0.130. The minimum absolute atomic E-state index is 0.0428. The van der Waals surface area contributed by atoms with Crippen LogP contribution in [0, 0.1) is 11.8 Å². The Kier molecular flexibility index (Phi) is 3.05. The molecule has 2 aliphatic rings. The quantitative estimate of drug-likeness (QED) is 0.681. The Morgan fingerprint density at radius 3 is 2.20 bits per heavy atom. The Bertz CT molecular complexity index is 324. The summed E-state index contributed by atoms with van der Waals surface area (Å²) < 4.78 is 33.3. The average molecular weight is 233 g/mol. The Balaban J connectivity index is 2.21. The molecule has 0 heterocycles. The minimum Gasteiger partial charge on any atom is -0.748 e. The van der Waals surface area contributed by atoms with Gasteiger partial charge in [-0.25, -0.2) is 8.42 Å². The van der Waals surface area contributed by atoms with Crippen LogP contribution in [-0.2, 0) is 10.1 Å². The molecule has 0 aliphatic heterocycles. The molecular formula is C10H17O4S-. The molecule has 0 bridgehead atoms. The van der Waals surface area contributed by atoms with Crippen LogP contribution in [0.4, 0.5) is 0 Å². The van der Waals surface area contributed by atoms with E-state index in [1.54, 1.807) is 0 Å². The van der Waals surface area contributed by atoms with Gasteiger partial charge in [0.2, 0.25) is 0 Å². The molecule has 0 radical (unpaired) electrons. The molecule has 2 rings (SSSR count). The largest absolute Gasteiger partial charge is 0.748 e. The summed E-state index contributed by atoms with van der Waals surface area (Å²) in [5.74, 6) is -0.0498. The minimum atomic E-state index is -4.18. The molecule has 0 aromatic heterocycles. The lowest BCUT2D eigenvalue weighted by molar-refractivity contribution is 0.0113. The van der Waals surface area contributed by atoms with Crippen molar-refractivity contribution in [2.45, 2.75) is 49.9 Å². The van der Waals surface area contributed by atoms with E-state index in [0.717, 1.165) is 25.7 Å². The highest BCUT2D eigenvalue weighted by Crippen LogP contribution is 2.42. The van der Waals surface area contributed by atoms with Crippen molar-refractivity contribution in [2.75, 3.05) is 0 Å². The molecule has 2 saturated carbocycles. The van der Waals surface area contributed by atoms with Crippen LogP contribution in [0.3, 0.4) is 0 Å². The number of aliphatic hydroxyl groups is 1. The Morgan fingerprint density at radius 1 is 1.00 bits per heavy atom. The first-order valence-electron chi connectivity index (χ1n) is 5.63. The first kappa shape index (κ1) is 11.4. The molecule has 15 heavy (non-hydrogen) atoms. The van der Waals surface area contributed by atoms with Crippen LogP contribution in [0.2, 0.25) is 0 Å². The van der Waals surface area contributed by atoms with Gasteiger partial charge in [0.25, 0.3) is 0 Å². The number of rotatable bonds is 1. The number of aliphatic hydroxyl groups excluding tert-OH is 1. The second kappa shape index (κ2) is 4.03. The van der Waals surface area contributed by atoms with Crippen molar-refractivity contribution in [1.29, 1.82) is 0 Å². The summed E-state index contributed by atoms with van der Waals surface area (Å²) >= 11 is 0. The third-order valence-corrected chi connectivity index (χ3v) is 5.29. The fourth-order valence-electron chi connectivity index (χ4n) is 3.25. The maximum atomic E-state index is 11.1. The fourth-order valence-corrected chi connectivity index (χ4v) is 4.44. The fraction of sp³-hybridized carbons (Fsp3) is 1.00. The second-order valence-electron chi connectivity index (χ2n) is 4.79. The first-order chi connectivity index (χ1) is 7.00. The van der Waals surface area contributed by atoms with Gasteiger partial charge in [0.15, 0.2) is 0 Å². The van der Waals surface area contributed by atoms with Crippen LogP contribution in [-0.4, -0.2) is 29.4 Å². The van der Waals surface area contributed by atoms with Crippen molar-refractivity contribution in [3.63, 3.8) is 0 Å². The molecule has 88 valence electrons. The molecular weight excluding hydrogens is 216 g/mol. The predicted molar refractivity (Wildman–Crippen MR) is 54.2 cm³/mol. The van der Waals surface area contributed by atoms with Gasteiger partial charge in [-0.2, -0.15) is 0 Å². The maximum absolute atomic E-state index is 11.1. The standard InChI is InChI=1S/C10H18O4S/c11-9-5-6-10(15(12,13)14)8-4-2-1-3-7(8)9/h7-11H,1-6H2,(H,12,13,14)/p-1. The highest BCUT2D eigenvalue weighted by atomic mass is 32.2. The molecule has 4 atom stereocenters. The summed E-state index contributed by atoms with van der Waals surface area (Å²) in [6.07, 6.45) is 4.10. The Morgan fingerprint density at radius 2 is 1.60 bits per heavy atom. The number of hydrogen-bond donors (Lipinski definition) is 1. The third kappa shape index (κ3) is 2.19. The lowest BCUT2D eigenvalue weighted by Gasteiger charge is -2.44. The monoisotopic (exact) mass is 233 g/mol. The van der Waals surface area contributed by atoms with Crippen LogP contribution < -0.4 is 0 Å². The van der Waals surface area contributed by atoms with E-state index in [9.17, 15) is 18.1 Å². The summed E-state index contributed by atoms with van der Waals surface area (Å²) in [6.45, 7) is 0. The van der Waals surface area contributed by atoms with Gasteiger partial charge in [-0.3, -0.25) is 0 Å².